The second-order valence-corrected chi connectivity index (χ2v) is 5.57. The highest BCUT2D eigenvalue weighted by atomic mass is 35.5. The SMILES string of the molecule is Cc1ccc(OCCC(N)c2ccc(Cl)cc2Cl)cc1. The highest BCUT2D eigenvalue weighted by Crippen LogP contribution is 2.26. The quantitative estimate of drug-likeness (QED) is 0.863. The maximum atomic E-state index is 6.13. The van der Waals surface area contributed by atoms with Crippen molar-refractivity contribution in [1.82, 2.24) is 0 Å². The van der Waals surface area contributed by atoms with Gasteiger partial charge < -0.3 is 10.5 Å². The molecule has 2 aromatic carbocycles. The van der Waals surface area contributed by atoms with Crippen molar-refractivity contribution in [2.45, 2.75) is 19.4 Å². The monoisotopic (exact) mass is 309 g/mol. The highest BCUT2D eigenvalue weighted by molar-refractivity contribution is 6.35. The van der Waals surface area contributed by atoms with Crippen molar-refractivity contribution in [2.24, 2.45) is 5.73 Å². The van der Waals surface area contributed by atoms with Gasteiger partial charge in [-0.05, 0) is 36.8 Å². The first kappa shape index (κ1) is 15.2. The van der Waals surface area contributed by atoms with Crippen LogP contribution in [0.4, 0.5) is 0 Å². The average Bonchev–Trinajstić information content (AvgIpc) is 2.41. The van der Waals surface area contributed by atoms with Crippen LogP contribution in [0.1, 0.15) is 23.6 Å². The smallest absolute Gasteiger partial charge is 0.119 e. The molecule has 0 aliphatic heterocycles. The zero-order valence-electron chi connectivity index (χ0n) is 11.3. The predicted octanol–water partition coefficient (Wildman–Crippen LogP) is 4.77. The zero-order valence-corrected chi connectivity index (χ0v) is 12.8. The fourth-order valence-corrected chi connectivity index (χ4v) is 2.44. The van der Waals surface area contributed by atoms with E-state index in [1.807, 2.05) is 37.3 Å². The van der Waals surface area contributed by atoms with Crippen LogP contribution in [0.25, 0.3) is 0 Å². The summed E-state index contributed by atoms with van der Waals surface area (Å²) in [6.45, 7) is 2.59. The molecule has 0 aliphatic carbocycles. The minimum atomic E-state index is -0.162. The Labute approximate surface area is 129 Å². The van der Waals surface area contributed by atoms with Crippen LogP contribution < -0.4 is 10.5 Å². The molecule has 106 valence electrons. The first-order valence-corrected chi connectivity index (χ1v) is 7.22. The summed E-state index contributed by atoms with van der Waals surface area (Å²) in [5.74, 6) is 0.852. The minimum absolute atomic E-state index is 0.162. The van der Waals surface area contributed by atoms with Gasteiger partial charge in [-0.2, -0.15) is 0 Å². The fourth-order valence-electron chi connectivity index (χ4n) is 1.90. The molecule has 0 aromatic heterocycles. The molecule has 0 heterocycles. The lowest BCUT2D eigenvalue weighted by atomic mass is 10.1. The summed E-state index contributed by atoms with van der Waals surface area (Å²) in [4.78, 5) is 0. The van der Waals surface area contributed by atoms with Crippen molar-refractivity contribution in [3.8, 4) is 5.75 Å². The van der Waals surface area contributed by atoms with Gasteiger partial charge in [0.1, 0.15) is 5.75 Å². The number of benzene rings is 2. The zero-order chi connectivity index (χ0) is 14.5. The first-order chi connectivity index (χ1) is 9.56. The molecule has 2 nitrogen and oxygen atoms in total. The van der Waals surface area contributed by atoms with Crippen LogP contribution in [0.2, 0.25) is 10.0 Å². The van der Waals surface area contributed by atoms with E-state index in [2.05, 4.69) is 0 Å². The Bertz CT molecular complexity index is 569. The van der Waals surface area contributed by atoms with E-state index in [9.17, 15) is 0 Å². The van der Waals surface area contributed by atoms with Crippen molar-refractivity contribution in [3.63, 3.8) is 0 Å². The molecule has 0 radical (unpaired) electrons. The molecule has 0 fully saturated rings. The van der Waals surface area contributed by atoms with Gasteiger partial charge >= 0.3 is 0 Å². The van der Waals surface area contributed by atoms with Crippen LogP contribution in [0.15, 0.2) is 42.5 Å². The van der Waals surface area contributed by atoms with Gasteiger partial charge in [-0.1, -0.05) is 47.0 Å². The van der Waals surface area contributed by atoms with E-state index in [0.717, 1.165) is 11.3 Å². The van der Waals surface area contributed by atoms with Gasteiger partial charge in [0.05, 0.1) is 6.61 Å². The Morgan fingerprint density at radius 2 is 1.80 bits per heavy atom. The molecule has 0 saturated heterocycles. The molecule has 2 aromatic rings. The predicted molar refractivity (Wildman–Crippen MR) is 84.7 cm³/mol. The molecular formula is C16H17Cl2NO. The molecule has 1 unspecified atom stereocenters. The van der Waals surface area contributed by atoms with E-state index in [1.165, 1.54) is 5.56 Å². The molecule has 0 aliphatic rings. The Kier molecular flexibility index (Phi) is 5.30. The third-order valence-electron chi connectivity index (χ3n) is 3.08. The third-order valence-corrected chi connectivity index (χ3v) is 3.64. The fraction of sp³-hybridized carbons (Fsp3) is 0.250. The van der Waals surface area contributed by atoms with Crippen molar-refractivity contribution >= 4 is 23.2 Å². The van der Waals surface area contributed by atoms with Crippen LogP contribution in [0, 0.1) is 6.92 Å². The van der Waals surface area contributed by atoms with E-state index in [1.54, 1.807) is 12.1 Å². The molecule has 2 rings (SSSR count). The Morgan fingerprint density at radius 1 is 1.10 bits per heavy atom. The van der Waals surface area contributed by atoms with Crippen molar-refractivity contribution in [2.75, 3.05) is 6.61 Å². The van der Waals surface area contributed by atoms with Crippen LogP contribution in [-0.2, 0) is 0 Å². The number of rotatable bonds is 5. The lowest BCUT2D eigenvalue weighted by Gasteiger charge is -2.14. The molecular weight excluding hydrogens is 293 g/mol. The molecule has 20 heavy (non-hydrogen) atoms. The van der Waals surface area contributed by atoms with Crippen LogP contribution >= 0.6 is 23.2 Å². The number of hydrogen-bond donors (Lipinski definition) is 1. The van der Waals surface area contributed by atoms with Gasteiger partial charge in [-0.15, -0.1) is 0 Å². The average molecular weight is 310 g/mol. The van der Waals surface area contributed by atoms with Crippen LogP contribution in [0.3, 0.4) is 0 Å². The van der Waals surface area contributed by atoms with E-state index in [-0.39, 0.29) is 6.04 Å². The highest BCUT2D eigenvalue weighted by Gasteiger charge is 2.10. The summed E-state index contributed by atoms with van der Waals surface area (Å²) in [6.07, 6.45) is 0.690. The molecule has 0 saturated carbocycles. The number of ether oxygens (including phenoxy) is 1. The minimum Gasteiger partial charge on any atom is -0.494 e. The largest absolute Gasteiger partial charge is 0.494 e. The molecule has 0 spiro atoms. The van der Waals surface area contributed by atoms with Crippen LogP contribution in [-0.4, -0.2) is 6.61 Å². The topological polar surface area (TPSA) is 35.2 Å². The summed E-state index contributed by atoms with van der Waals surface area (Å²) < 4.78 is 5.67. The number of halogens is 2. The third kappa shape index (κ3) is 4.14. The summed E-state index contributed by atoms with van der Waals surface area (Å²) >= 11 is 12.0. The summed E-state index contributed by atoms with van der Waals surface area (Å²) in [7, 11) is 0. The summed E-state index contributed by atoms with van der Waals surface area (Å²) in [5.41, 5.74) is 8.23. The number of hydrogen-bond acceptors (Lipinski definition) is 2. The van der Waals surface area contributed by atoms with Crippen LogP contribution in [0.5, 0.6) is 5.75 Å². The van der Waals surface area contributed by atoms with Gasteiger partial charge in [0.25, 0.3) is 0 Å². The molecule has 1 atom stereocenters. The van der Waals surface area contributed by atoms with E-state index < -0.39 is 0 Å². The molecule has 0 amide bonds. The second-order valence-electron chi connectivity index (χ2n) is 4.72. The molecule has 0 bridgehead atoms. The standard InChI is InChI=1S/C16H17Cl2NO/c1-11-2-5-13(6-3-11)20-9-8-16(19)14-7-4-12(17)10-15(14)18/h2-7,10,16H,8-9,19H2,1H3. The first-order valence-electron chi connectivity index (χ1n) is 6.46. The van der Waals surface area contributed by atoms with E-state index in [4.69, 9.17) is 33.7 Å². The van der Waals surface area contributed by atoms with E-state index in [0.29, 0.717) is 23.1 Å². The summed E-state index contributed by atoms with van der Waals surface area (Å²) in [5, 5.41) is 1.21. The maximum Gasteiger partial charge on any atom is 0.119 e. The number of aryl methyl sites for hydroxylation is 1. The maximum absolute atomic E-state index is 6.13. The van der Waals surface area contributed by atoms with Gasteiger partial charge in [0.15, 0.2) is 0 Å². The Balaban J connectivity index is 1.88. The lowest BCUT2D eigenvalue weighted by Crippen LogP contribution is -2.14. The van der Waals surface area contributed by atoms with Gasteiger partial charge in [-0.25, -0.2) is 0 Å². The Hall–Kier alpha value is -1.22. The van der Waals surface area contributed by atoms with Crippen molar-refractivity contribution < 1.29 is 4.74 Å². The van der Waals surface area contributed by atoms with Crippen molar-refractivity contribution in [1.29, 1.82) is 0 Å². The summed E-state index contributed by atoms with van der Waals surface area (Å²) in [6, 6.07) is 13.2. The van der Waals surface area contributed by atoms with Gasteiger partial charge in [0.2, 0.25) is 0 Å². The lowest BCUT2D eigenvalue weighted by molar-refractivity contribution is 0.298. The van der Waals surface area contributed by atoms with E-state index >= 15 is 0 Å². The number of nitrogens with two attached hydrogens (primary N) is 1. The molecule has 2 N–H and O–H groups in total. The Morgan fingerprint density at radius 3 is 2.45 bits per heavy atom. The second kappa shape index (κ2) is 6.98. The van der Waals surface area contributed by atoms with Gasteiger partial charge in [0, 0.05) is 22.5 Å². The van der Waals surface area contributed by atoms with Crippen molar-refractivity contribution in [3.05, 3.63) is 63.6 Å². The molecule has 4 heteroatoms. The van der Waals surface area contributed by atoms with Gasteiger partial charge in [-0.3, -0.25) is 0 Å². The normalized spacial score (nSPS) is 12.2.